The van der Waals surface area contributed by atoms with E-state index >= 15 is 0 Å². The van der Waals surface area contributed by atoms with Crippen LogP contribution in [-0.2, 0) is 4.74 Å². The first-order valence-corrected chi connectivity index (χ1v) is 6.64. The summed E-state index contributed by atoms with van der Waals surface area (Å²) in [5.74, 6) is 0. The maximum Gasteiger partial charge on any atom is 0.330 e. The molecule has 8 heteroatoms. The summed E-state index contributed by atoms with van der Waals surface area (Å²) in [6.45, 7) is 0.171. The molecule has 1 aromatic heterocycles. The van der Waals surface area contributed by atoms with Gasteiger partial charge in [-0.05, 0) is 11.1 Å². The summed E-state index contributed by atoms with van der Waals surface area (Å²) in [6.07, 6.45) is 1.32. The molecule has 1 fully saturated rings. The standard InChI is InChI=1S/C11H14BrN3O4/c12-2-1-6-5-15(11(18)14-10(6)17)9-3-7(16)8(4-13)19-9/h1-2,5,7-9,16H,3-4,13H2,(H,14,17,18)/b2-1+/t7?,8-,9-/m0/s1. The predicted octanol–water partition coefficient (Wildman–Crippen LogP) is -0.491. The van der Waals surface area contributed by atoms with Gasteiger partial charge in [-0.3, -0.25) is 14.3 Å². The number of aliphatic hydroxyl groups is 1. The Balaban J connectivity index is 2.38. The molecule has 1 aliphatic heterocycles. The van der Waals surface area contributed by atoms with Gasteiger partial charge in [-0.1, -0.05) is 15.9 Å². The second-order valence-electron chi connectivity index (χ2n) is 4.21. The molecule has 7 nitrogen and oxygen atoms in total. The molecule has 0 aromatic carbocycles. The van der Waals surface area contributed by atoms with Crippen LogP contribution in [0.15, 0.2) is 20.8 Å². The number of nitrogens with zero attached hydrogens (tertiary/aromatic N) is 1. The van der Waals surface area contributed by atoms with Crippen LogP contribution in [0.25, 0.3) is 6.08 Å². The minimum Gasteiger partial charge on any atom is -0.390 e. The van der Waals surface area contributed by atoms with Gasteiger partial charge in [0, 0.05) is 19.2 Å². The number of rotatable bonds is 3. The summed E-state index contributed by atoms with van der Waals surface area (Å²) in [5, 5.41) is 9.73. The van der Waals surface area contributed by atoms with Crippen LogP contribution in [0.3, 0.4) is 0 Å². The van der Waals surface area contributed by atoms with Crippen LogP contribution in [0.1, 0.15) is 18.2 Å². The molecular weight excluding hydrogens is 318 g/mol. The molecule has 2 rings (SSSR count). The number of nitrogens with one attached hydrogen (secondary N) is 1. The third-order valence-corrected chi connectivity index (χ3v) is 3.25. The van der Waals surface area contributed by atoms with Crippen molar-refractivity contribution in [3.8, 4) is 0 Å². The van der Waals surface area contributed by atoms with E-state index in [1.165, 1.54) is 21.8 Å². The molecule has 104 valence electrons. The molecule has 1 aromatic rings. The number of aromatic amines is 1. The lowest BCUT2D eigenvalue weighted by molar-refractivity contribution is -0.0151. The van der Waals surface area contributed by atoms with Crippen molar-refractivity contribution in [1.29, 1.82) is 0 Å². The van der Waals surface area contributed by atoms with Crippen LogP contribution in [-0.4, -0.2) is 33.4 Å². The van der Waals surface area contributed by atoms with E-state index in [0.29, 0.717) is 5.56 Å². The number of hydrogen-bond donors (Lipinski definition) is 3. The van der Waals surface area contributed by atoms with Crippen molar-refractivity contribution in [1.82, 2.24) is 9.55 Å². The fourth-order valence-corrected chi connectivity index (χ4v) is 2.28. The number of nitrogens with two attached hydrogens (primary N) is 1. The first-order chi connectivity index (χ1) is 9.06. The number of aliphatic hydroxyl groups excluding tert-OH is 1. The Labute approximate surface area is 116 Å². The molecule has 0 amide bonds. The van der Waals surface area contributed by atoms with Gasteiger partial charge in [0.15, 0.2) is 0 Å². The van der Waals surface area contributed by atoms with Crippen molar-refractivity contribution in [2.75, 3.05) is 6.54 Å². The van der Waals surface area contributed by atoms with E-state index in [4.69, 9.17) is 10.5 Å². The van der Waals surface area contributed by atoms with Gasteiger partial charge in [-0.15, -0.1) is 0 Å². The van der Waals surface area contributed by atoms with Crippen LogP contribution in [0.4, 0.5) is 0 Å². The first-order valence-electron chi connectivity index (χ1n) is 5.72. The zero-order chi connectivity index (χ0) is 14.0. The molecule has 19 heavy (non-hydrogen) atoms. The smallest absolute Gasteiger partial charge is 0.330 e. The molecular formula is C11H14BrN3O4. The van der Waals surface area contributed by atoms with Crippen molar-refractivity contribution >= 4 is 22.0 Å². The number of hydrogen-bond acceptors (Lipinski definition) is 5. The maximum absolute atomic E-state index is 11.8. The van der Waals surface area contributed by atoms with Crippen LogP contribution in [0, 0.1) is 0 Å². The molecule has 0 radical (unpaired) electrons. The van der Waals surface area contributed by atoms with Crippen molar-refractivity contribution in [2.24, 2.45) is 5.73 Å². The Bertz CT molecular complexity index is 594. The molecule has 0 bridgehead atoms. The van der Waals surface area contributed by atoms with Gasteiger partial charge >= 0.3 is 5.69 Å². The Morgan fingerprint density at radius 2 is 2.37 bits per heavy atom. The summed E-state index contributed by atoms with van der Waals surface area (Å²) in [6, 6.07) is 0. The van der Waals surface area contributed by atoms with Gasteiger partial charge in [0.25, 0.3) is 5.56 Å². The Morgan fingerprint density at radius 3 is 2.95 bits per heavy atom. The third kappa shape index (κ3) is 2.86. The summed E-state index contributed by atoms with van der Waals surface area (Å²) in [4.78, 5) is 27.0. The molecule has 1 unspecified atom stereocenters. The van der Waals surface area contributed by atoms with Crippen LogP contribution in [0.2, 0.25) is 0 Å². The van der Waals surface area contributed by atoms with Crippen molar-refractivity contribution in [3.05, 3.63) is 37.6 Å². The molecule has 0 aliphatic carbocycles. The number of ether oxygens (including phenoxy) is 1. The summed E-state index contributed by atoms with van der Waals surface area (Å²) in [7, 11) is 0. The topological polar surface area (TPSA) is 110 Å². The van der Waals surface area contributed by atoms with Gasteiger partial charge < -0.3 is 15.6 Å². The number of H-pyrrole nitrogens is 1. The lowest BCUT2D eigenvalue weighted by Crippen LogP contribution is -2.33. The minimum absolute atomic E-state index is 0.171. The highest BCUT2D eigenvalue weighted by atomic mass is 79.9. The van der Waals surface area contributed by atoms with E-state index in [2.05, 4.69) is 20.9 Å². The van der Waals surface area contributed by atoms with Crippen molar-refractivity contribution < 1.29 is 9.84 Å². The van der Waals surface area contributed by atoms with E-state index in [0.717, 1.165) is 0 Å². The average molecular weight is 332 g/mol. The monoisotopic (exact) mass is 331 g/mol. The van der Waals surface area contributed by atoms with E-state index < -0.39 is 29.7 Å². The van der Waals surface area contributed by atoms with Crippen molar-refractivity contribution in [2.45, 2.75) is 24.9 Å². The Hall–Kier alpha value is -1.22. The molecule has 0 saturated carbocycles. The first kappa shape index (κ1) is 14.2. The lowest BCUT2D eigenvalue weighted by Gasteiger charge is -2.14. The van der Waals surface area contributed by atoms with E-state index in [-0.39, 0.29) is 13.0 Å². The zero-order valence-electron chi connectivity index (χ0n) is 9.95. The molecule has 4 N–H and O–H groups in total. The van der Waals surface area contributed by atoms with Crippen molar-refractivity contribution in [3.63, 3.8) is 0 Å². The molecule has 1 saturated heterocycles. The second kappa shape index (κ2) is 5.83. The second-order valence-corrected chi connectivity index (χ2v) is 4.74. The SMILES string of the molecule is NC[C@@H]1O[C@H](n2cc(/C=C/Br)c(=O)[nH]c2=O)CC1O. The lowest BCUT2D eigenvalue weighted by atomic mass is 10.2. The van der Waals surface area contributed by atoms with E-state index in [9.17, 15) is 14.7 Å². The summed E-state index contributed by atoms with van der Waals surface area (Å²) < 4.78 is 6.75. The average Bonchev–Trinajstić information content (AvgIpc) is 2.74. The van der Waals surface area contributed by atoms with E-state index in [1.54, 1.807) is 0 Å². The highest BCUT2D eigenvalue weighted by Gasteiger charge is 2.34. The normalized spacial score (nSPS) is 27.2. The highest BCUT2D eigenvalue weighted by Crippen LogP contribution is 2.26. The van der Waals surface area contributed by atoms with Gasteiger partial charge in [-0.25, -0.2) is 4.79 Å². The Kier molecular flexibility index (Phi) is 4.35. The van der Waals surface area contributed by atoms with Gasteiger partial charge in [0.1, 0.15) is 6.23 Å². The number of halogens is 1. The molecule has 0 spiro atoms. The van der Waals surface area contributed by atoms with Crippen LogP contribution in [0.5, 0.6) is 0 Å². The maximum atomic E-state index is 11.8. The number of aromatic nitrogens is 2. The fourth-order valence-electron chi connectivity index (χ4n) is 2.00. The zero-order valence-corrected chi connectivity index (χ0v) is 11.5. The third-order valence-electron chi connectivity index (χ3n) is 2.98. The Morgan fingerprint density at radius 1 is 1.63 bits per heavy atom. The van der Waals surface area contributed by atoms with E-state index in [1.807, 2.05) is 0 Å². The minimum atomic E-state index is -0.719. The molecule has 2 heterocycles. The van der Waals surface area contributed by atoms with Crippen LogP contribution >= 0.6 is 15.9 Å². The molecule has 1 aliphatic rings. The van der Waals surface area contributed by atoms with Gasteiger partial charge in [0.2, 0.25) is 0 Å². The van der Waals surface area contributed by atoms with Crippen LogP contribution < -0.4 is 17.0 Å². The quantitative estimate of drug-likeness (QED) is 0.692. The van der Waals surface area contributed by atoms with Gasteiger partial charge in [-0.2, -0.15) is 0 Å². The fraction of sp³-hybridized carbons (Fsp3) is 0.455. The summed E-state index contributed by atoms with van der Waals surface area (Å²) in [5.41, 5.74) is 4.71. The highest BCUT2D eigenvalue weighted by molar-refractivity contribution is 9.11. The van der Waals surface area contributed by atoms with Gasteiger partial charge in [0.05, 0.1) is 17.8 Å². The molecule has 3 atom stereocenters. The predicted molar refractivity (Wildman–Crippen MR) is 72.9 cm³/mol. The summed E-state index contributed by atoms with van der Waals surface area (Å²) >= 11 is 3.07. The largest absolute Gasteiger partial charge is 0.390 e.